The monoisotopic (exact) mass is 362 g/mol. The van der Waals surface area contributed by atoms with Gasteiger partial charge in [-0.15, -0.1) is 0 Å². The molecule has 1 aromatic carbocycles. The maximum atomic E-state index is 4.17. The van der Waals surface area contributed by atoms with E-state index in [2.05, 4.69) is 69.5 Å². The van der Waals surface area contributed by atoms with E-state index in [-0.39, 0.29) is 4.70 Å². The number of halogens is 1. The third-order valence-electron chi connectivity index (χ3n) is 4.08. The summed E-state index contributed by atoms with van der Waals surface area (Å²) >= 11 is 0. The van der Waals surface area contributed by atoms with E-state index in [4.69, 9.17) is 0 Å². The molecule has 0 saturated carbocycles. The SMILES string of the molecule is C=C(C)/C=C\C(=C)C(C)CCC(C)CCc1ccccc1.CC.CC.F. The van der Waals surface area contributed by atoms with E-state index < -0.39 is 0 Å². The van der Waals surface area contributed by atoms with Crippen LogP contribution in [0.5, 0.6) is 0 Å². The van der Waals surface area contributed by atoms with Crippen LogP contribution in [-0.4, -0.2) is 0 Å². The van der Waals surface area contributed by atoms with Crippen molar-refractivity contribution in [2.75, 3.05) is 0 Å². The summed E-state index contributed by atoms with van der Waals surface area (Å²) in [6.45, 7) is 22.7. The van der Waals surface area contributed by atoms with Gasteiger partial charge >= 0.3 is 0 Å². The van der Waals surface area contributed by atoms with E-state index in [1.165, 1.54) is 36.8 Å². The molecule has 0 bridgehead atoms. The maximum Gasteiger partial charge on any atom is -0.0196 e. The molecular formula is C25H43F. The zero-order valence-electron chi connectivity index (χ0n) is 18.3. The highest BCUT2D eigenvalue weighted by Crippen LogP contribution is 2.22. The van der Waals surface area contributed by atoms with Crippen LogP contribution in [0.1, 0.15) is 73.3 Å². The van der Waals surface area contributed by atoms with Gasteiger partial charge in [-0.05, 0) is 43.6 Å². The molecule has 1 heteroatoms. The lowest BCUT2D eigenvalue weighted by Gasteiger charge is -2.16. The summed E-state index contributed by atoms with van der Waals surface area (Å²) in [7, 11) is 0. The number of hydrogen-bond donors (Lipinski definition) is 0. The molecule has 0 nitrogen and oxygen atoms in total. The van der Waals surface area contributed by atoms with Crippen molar-refractivity contribution in [1.29, 1.82) is 0 Å². The van der Waals surface area contributed by atoms with Gasteiger partial charge in [0.25, 0.3) is 0 Å². The van der Waals surface area contributed by atoms with Crippen molar-refractivity contribution < 1.29 is 4.70 Å². The van der Waals surface area contributed by atoms with Gasteiger partial charge in [0.2, 0.25) is 0 Å². The molecule has 0 heterocycles. The smallest absolute Gasteiger partial charge is 0.0196 e. The molecule has 0 spiro atoms. The number of rotatable bonds is 9. The number of hydrogen-bond acceptors (Lipinski definition) is 0. The Morgan fingerprint density at radius 3 is 1.92 bits per heavy atom. The minimum atomic E-state index is 0. The molecule has 2 unspecified atom stereocenters. The summed E-state index contributed by atoms with van der Waals surface area (Å²) in [6.07, 6.45) is 9.11. The Hall–Kier alpha value is -1.63. The molecule has 2 atom stereocenters. The molecule has 0 aliphatic carbocycles. The van der Waals surface area contributed by atoms with Gasteiger partial charge in [-0.25, -0.2) is 0 Å². The number of aryl methyl sites for hydroxylation is 1. The molecule has 0 aliphatic rings. The highest BCUT2D eigenvalue weighted by Gasteiger charge is 2.08. The molecule has 1 rings (SSSR count). The Labute approximate surface area is 163 Å². The van der Waals surface area contributed by atoms with Crippen molar-refractivity contribution in [3.63, 3.8) is 0 Å². The second kappa shape index (κ2) is 19.7. The third-order valence-corrected chi connectivity index (χ3v) is 4.08. The van der Waals surface area contributed by atoms with Crippen LogP contribution in [0.3, 0.4) is 0 Å². The standard InChI is InChI=1S/C21H30.2C2H6.FH/c1-17(2)11-14-19(4)20(5)15-12-18(3)13-16-21-9-7-6-8-10-21;2*1-2;/h6-11,14,18,20H,1,4,12-13,15-16H2,2-3,5H3;2*1-2H3;1H/b14-11-;;;. The van der Waals surface area contributed by atoms with Crippen LogP contribution >= 0.6 is 0 Å². The zero-order valence-corrected chi connectivity index (χ0v) is 18.3. The lowest BCUT2D eigenvalue weighted by atomic mass is 9.90. The van der Waals surface area contributed by atoms with E-state index in [0.717, 1.165) is 11.5 Å². The fourth-order valence-electron chi connectivity index (χ4n) is 2.34. The summed E-state index contributed by atoms with van der Waals surface area (Å²) in [4.78, 5) is 0. The molecule has 0 fully saturated rings. The first-order valence-corrected chi connectivity index (χ1v) is 10.1. The summed E-state index contributed by atoms with van der Waals surface area (Å²) < 4.78 is 0. The molecule has 1 aromatic rings. The van der Waals surface area contributed by atoms with Gasteiger partial charge in [-0.3, -0.25) is 4.70 Å². The summed E-state index contributed by atoms with van der Waals surface area (Å²) in [5.74, 6) is 1.32. The fourth-order valence-corrected chi connectivity index (χ4v) is 2.34. The summed E-state index contributed by atoms with van der Waals surface area (Å²) in [6, 6.07) is 10.8. The van der Waals surface area contributed by atoms with Crippen molar-refractivity contribution in [3.8, 4) is 0 Å². The van der Waals surface area contributed by atoms with Crippen LogP contribution in [0.25, 0.3) is 0 Å². The van der Waals surface area contributed by atoms with Gasteiger partial charge in [0.1, 0.15) is 0 Å². The average Bonchev–Trinajstić information content (AvgIpc) is 2.66. The molecule has 0 aromatic heterocycles. The molecular weight excluding hydrogens is 319 g/mol. The van der Waals surface area contributed by atoms with Crippen LogP contribution in [0.2, 0.25) is 0 Å². The Morgan fingerprint density at radius 2 is 1.42 bits per heavy atom. The molecule has 150 valence electrons. The first kappa shape index (κ1) is 29.1. The van der Waals surface area contributed by atoms with Gasteiger partial charge < -0.3 is 0 Å². The quantitative estimate of drug-likeness (QED) is 0.386. The molecule has 0 N–H and O–H groups in total. The lowest BCUT2D eigenvalue weighted by molar-refractivity contribution is 0.440. The van der Waals surface area contributed by atoms with Gasteiger partial charge in [0, 0.05) is 0 Å². The highest BCUT2D eigenvalue weighted by atomic mass is 19.0. The number of allylic oxidation sites excluding steroid dienone is 4. The topological polar surface area (TPSA) is 0 Å². The van der Waals surface area contributed by atoms with Crippen LogP contribution in [0.4, 0.5) is 4.70 Å². The van der Waals surface area contributed by atoms with Crippen LogP contribution in [0, 0.1) is 11.8 Å². The summed E-state index contributed by atoms with van der Waals surface area (Å²) in [5.41, 5.74) is 3.75. The Bertz CT molecular complexity index is 470. The predicted octanol–water partition coefficient (Wildman–Crippen LogP) is 8.57. The van der Waals surface area contributed by atoms with Crippen molar-refractivity contribution in [2.24, 2.45) is 11.8 Å². The van der Waals surface area contributed by atoms with Crippen LogP contribution < -0.4 is 0 Å². The zero-order chi connectivity index (χ0) is 19.7. The second-order valence-corrected chi connectivity index (χ2v) is 6.36. The van der Waals surface area contributed by atoms with Crippen LogP contribution in [0.15, 0.2) is 66.8 Å². The highest BCUT2D eigenvalue weighted by molar-refractivity contribution is 5.24. The maximum absolute atomic E-state index is 4.17. The predicted molar refractivity (Wildman–Crippen MR) is 121 cm³/mol. The van der Waals surface area contributed by atoms with Crippen LogP contribution in [-0.2, 0) is 6.42 Å². The Balaban J connectivity index is -0.000000985. The van der Waals surface area contributed by atoms with E-state index in [9.17, 15) is 0 Å². The minimum absolute atomic E-state index is 0. The van der Waals surface area contributed by atoms with Crippen molar-refractivity contribution in [2.45, 2.75) is 74.1 Å². The molecule has 0 aliphatic heterocycles. The third kappa shape index (κ3) is 15.9. The Morgan fingerprint density at radius 1 is 0.885 bits per heavy atom. The van der Waals surface area contributed by atoms with Crippen molar-refractivity contribution in [1.82, 2.24) is 0 Å². The van der Waals surface area contributed by atoms with Crippen molar-refractivity contribution in [3.05, 3.63) is 72.4 Å². The first-order valence-electron chi connectivity index (χ1n) is 10.1. The second-order valence-electron chi connectivity index (χ2n) is 6.36. The van der Waals surface area contributed by atoms with Gasteiger partial charge in [0.15, 0.2) is 0 Å². The fraction of sp³-hybridized carbons (Fsp3) is 0.520. The molecule has 26 heavy (non-hydrogen) atoms. The lowest BCUT2D eigenvalue weighted by Crippen LogP contribution is -2.03. The first-order chi connectivity index (χ1) is 12.0. The molecule has 0 saturated heterocycles. The van der Waals surface area contributed by atoms with E-state index in [0.29, 0.717) is 5.92 Å². The average molecular weight is 363 g/mol. The van der Waals surface area contributed by atoms with Crippen molar-refractivity contribution >= 4 is 0 Å². The molecule has 0 radical (unpaired) electrons. The van der Waals surface area contributed by atoms with E-state index in [1.54, 1.807) is 0 Å². The molecule has 0 amide bonds. The normalized spacial score (nSPS) is 11.8. The largest absolute Gasteiger partial charge is 0.269 e. The van der Waals surface area contributed by atoms with E-state index >= 15 is 0 Å². The summed E-state index contributed by atoms with van der Waals surface area (Å²) in [5, 5.41) is 0. The Kier molecular flexibility index (Phi) is 22.1. The number of benzene rings is 1. The minimum Gasteiger partial charge on any atom is -0.269 e. The van der Waals surface area contributed by atoms with Gasteiger partial charge in [-0.1, -0.05) is 115 Å². The van der Waals surface area contributed by atoms with E-state index in [1.807, 2.05) is 34.6 Å². The van der Waals surface area contributed by atoms with Gasteiger partial charge in [0.05, 0.1) is 0 Å². The van der Waals surface area contributed by atoms with Gasteiger partial charge in [-0.2, -0.15) is 0 Å².